The first kappa shape index (κ1) is 38.3. The molecule has 4 amide bonds. The van der Waals surface area contributed by atoms with Crippen molar-refractivity contribution in [2.24, 2.45) is 0 Å². The average molecular weight is 760 g/mol. The van der Waals surface area contributed by atoms with Crippen LogP contribution in [0.4, 0.5) is 21.5 Å². The van der Waals surface area contributed by atoms with Crippen molar-refractivity contribution in [2.45, 2.75) is 23.6 Å². The molecule has 0 aliphatic heterocycles. The summed E-state index contributed by atoms with van der Waals surface area (Å²) in [4.78, 5) is 46.4. The van der Waals surface area contributed by atoms with Crippen LogP contribution in [0.3, 0.4) is 0 Å². The van der Waals surface area contributed by atoms with Crippen LogP contribution in [0.1, 0.15) is 11.6 Å². The molecule has 0 radical (unpaired) electrons. The molecule has 262 valence electrons. The summed E-state index contributed by atoms with van der Waals surface area (Å²) in [7, 11) is -5.64. The molecule has 19 nitrogen and oxygen atoms in total. The molecular weight excluding hydrogens is 731 g/mol. The van der Waals surface area contributed by atoms with Crippen LogP contribution in [0.2, 0.25) is 5.02 Å². The quantitative estimate of drug-likeness (QED) is 0.160. The molecule has 2 heterocycles. The summed E-state index contributed by atoms with van der Waals surface area (Å²) in [6, 6.07) is 9.46. The number of hydrogen-bond acceptors (Lipinski definition) is 15. The third kappa shape index (κ3) is 11.5. The Kier molecular flexibility index (Phi) is 13.6. The van der Waals surface area contributed by atoms with Crippen LogP contribution in [0, 0.1) is 13.8 Å². The number of nitrogens with one attached hydrogen (secondary N) is 4. The average Bonchev–Trinajstić information content (AvgIpc) is 3.03. The van der Waals surface area contributed by atoms with Crippen LogP contribution in [0.25, 0.3) is 0 Å². The van der Waals surface area contributed by atoms with Crippen LogP contribution in [-0.2, 0) is 20.0 Å². The number of methoxy groups -OCH3 is 2. The number of aromatic nitrogens is 6. The van der Waals surface area contributed by atoms with Gasteiger partial charge in [0.2, 0.25) is 11.9 Å². The van der Waals surface area contributed by atoms with Crippen molar-refractivity contribution < 1.29 is 40.6 Å². The maximum Gasteiger partial charge on any atom is 0.335 e. The molecule has 0 spiro atoms. The van der Waals surface area contributed by atoms with Gasteiger partial charge in [0.15, 0.2) is 0 Å². The van der Waals surface area contributed by atoms with E-state index in [4.69, 9.17) is 37.4 Å². The molecule has 2 aromatic heterocycles. The number of nitrogens with zero attached hydrogens (tertiary/aromatic N) is 6. The fourth-order valence-corrected chi connectivity index (χ4v) is 5.98. The van der Waals surface area contributed by atoms with Gasteiger partial charge in [0.05, 0.1) is 25.1 Å². The van der Waals surface area contributed by atoms with E-state index in [2.05, 4.69) is 40.5 Å². The molecule has 0 bridgehead atoms. The van der Waals surface area contributed by atoms with Crippen LogP contribution >= 0.6 is 23.2 Å². The van der Waals surface area contributed by atoms with Gasteiger partial charge in [-0.1, -0.05) is 35.9 Å². The number of amides is 4. The van der Waals surface area contributed by atoms with E-state index in [0.717, 1.165) is 0 Å². The van der Waals surface area contributed by atoms with E-state index in [-0.39, 0.29) is 62.8 Å². The highest BCUT2D eigenvalue weighted by Crippen LogP contribution is 2.23. The Morgan fingerprint density at radius 3 is 1.61 bits per heavy atom. The zero-order chi connectivity index (χ0) is 36.2. The van der Waals surface area contributed by atoms with Crippen molar-refractivity contribution in [3.8, 4) is 17.8 Å². The minimum atomic E-state index is -4.20. The molecule has 2 aromatic carbocycles. The summed E-state index contributed by atoms with van der Waals surface area (Å²) in [6.07, 6.45) is 0. The Hall–Kier alpha value is -5.12. The number of anilines is 2. The first-order chi connectivity index (χ1) is 23.2. The lowest BCUT2D eigenvalue weighted by Crippen LogP contribution is -2.35. The summed E-state index contributed by atoms with van der Waals surface area (Å²) in [5.74, 6) is 0.528. The number of carbonyl (C=O) groups is 2. The Labute approximate surface area is 290 Å². The maximum atomic E-state index is 12.4. The molecule has 0 fully saturated rings. The highest BCUT2D eigenvalue weighted by Gasteiger charge is 2.23. The molecule has 4 aromatic rings. The summed E-state index contributed by atoms with van der Waals surface area (Å²) >= 11 is 11.4. The topological polar surface area (TPSA) is 256 Å². The SMILES string of the molecule is COc1nc(C)nc(NC(=O)NS(=O)(=O)c2ccccc2Cl)n1.COc1nc(C)nc(NC(=O)NS(=O)(=O)c2ccccc2OCCCl)n1. The van der Waals surface area contributed by atoms with E-state index in [1.165, 1.54) is 50.6 Å². The van der Waals surface area contributed by atoms with Gasteiger partial charge in [0.25, 0.3) is 20.0 Å². The van der Waals surface area contributed by atoms with Crippen molar-refractivity contribution in [2.75, 3.05) is 37.3 Å². The number of ether oxygens (including phenoxy) is 3. The molecule has 0 aliphatic carbocycles. The van der Waals surface area contributed by atoms with E-state index in [1.807, 2.05) is 9.44 Å². The zero-order valence-corrected chi connectivity index (χ0v) is 29.1. The number of alkyl halides is 1. The lowest BCUT2D eigenvalue weighted by Gasteiger charge is -2.12. The highest BCUT2D eigenvalue weighted by molar-refractivity contribution is 7.90. The molecule has 0 unspecified atom stereocenters. The number of aryl methyl sites for hydroxylation is 2. The molecule has 0 saturated heterocycles. The molecule has 0 aliphatic rings. The first-order valence-corrected chi connectivity index (χ1v) is 17.3. The second kappa shape index (κ2) is 17.3. The molecular formula is C26H28Cl2N10O9S2. The summed E-state index contributed by atoms with van der Waals surface area (Å²) in [5.41, 5.74) is 0. The Bertz CT molecular complexity index is 2020. The monoisotopic (exact) mass is 758 g/mol. The number of hydrogen-bond donors (Lipinski definition) is 4. The molecule has 4 N–H and O–H groups in total. The van der Waals surface area contributed by atoms with Crippen LogP contribution in [0.15, 0.2) is 58.3 Å². The van der Waals surface area contributed by atoms with Crippen LogP contribution in [-0.4, -0.2) is 85.5 Å². The van der Waals surface area contributed by atoms with Gasteiger partial charge in [0.1, 0.15) is 33.8 Å². The lowest BCUT2D eigenvalue weighted by molar-refractivity contribution is 0.255. The Morgan fingerprint density at radius 2 is 1.14 bits per heavy atom. The second-order valence-electron chi connectivity index (χ2n) is 8.92. The van der Waals surface area contributed by atoms with Gasteiger partial charge < -0.3 is 14.2 Å². The Balaban J connectivity index is 0.000000267. The molecule has 0 saturated carbocycles. The summed E-state index contributed by atoms with van der Waals surface area (Å²) < 4.78 is 67.8. The predicted octanol–water partition coefficient (Wildman–Crippen LogP) is 2.67. The van der Waals surface area contributed by atoms with Gasteiger partial charge in [-0.05, 0) is 38.1 Å². The van der Waals surface area contributed by atoms with E-state index < -0.39 is 32.1 Å². The summed E-state index contributed by atoms with van der Waals surface area (Å²) in [6.45, 7) is 3.24. The number of benzene rings is 2. The number of sulfonamides is 2. The van der Waals surface area contributed by atoms with Crippen LogP contribution in [0.5, 0.6) is 17.8 Å². The highest BCUT2D eigenvalue weighted by atomic mass is 35.5. The van der Waals surface area contributed by atoms with Crippen molar-refractivity contribution in [3.63, 3.8) is 0 Å². The van der Waals surface area contributed by atoms with E-state index in [0.29, 0.717) is 5.82 Å². The normalized spacial score (nSPS) is 10.9. The molecule has 4 rings (SSSR count). The number of halogens is 2. The minimum absolute atomic E-state index is 0.00882. The van der Waals surface area contributed by atoms with Crippen molar-refractivity contribution >= 4 is 67.2 Å². The fourth-order valence-electron chi connectivity index (χ4n) is 3.42. The van der Waals surface area contributed by atoms with E-state index >= 15 is 0 Å². The van der Waals surface area contributed by atoms with E-state index in [9.17, 15) is 26.4 Å². The second-order valence-corrected chi connectivity index (χ2v) is 13.0. The lowest BCUT2D eigenvalue weighted by atomic mass is 10.3. The van der Waals surface area contributed by atoms with Crippen molar-refractivity contribution in [3.05, 3.63) is 65.2 Å². The van der Waals surface area contributed by atoms with Gasteiger partial charge in [-0.25, -0.2) is 35.9 Å². The fraction of sp³-hybridized carbons (Fsp3) is 0.231. The van der Waals surface area contributed by atoms with Gasteiger partial charge in [0, 0.05) is 0 Å². The standard InChI is InChI=1S/C14H16ClN5O5S.C12H12ClN5O4S/c1-9-16-12(19-14(17-9)24-2)18-13(21)20-26(22,23)11-6-4-3-5-10(11)25-8-7-15;1-7-14-10(17-12(15-7)22-2)16-11(19)18-23(20,21)9-6-4-3-5-8(9)13/h3-6H,7-8H2,1-2H3,(H2,16,17,18,19,20,21);3-6H,1-2H3,(H2,14,15,16,17,18,19). The number of para-hydroxylation sites is 1. The minimum Gasteiger partial charge on any atom is -0.491 e. The van der Waals surface area contributed by atoms with Crippen LogP contribution < -0.4 is 34.3 Å². The van der Waals surface area contributed by atoms with Gasteiger partial charge in [-0.15, -0.1) is 11.6 Å². The van der Waals surface area contributed by atoms with Gasteiger partial charge in [-0.2, -0.15) is 29.9 Å². The molecule has 49 heavy (non-hydrogen) atoms. The first-order valence-electron chi connectivity index (χ1n) is 13.4. The third-order valence-corrected chi connectivity index (χ3v) is 8.68. The van der Waals surface area contributed by atoms with Crippen molar-refractivity contribution in [1.82, 2.24) is 39.3 Å². The maximum absolute atomic E-state index is 12.4. The predicted molar refractivity (Wildman–Crippen MR) is 175 cm³/mol. The number of rotatable bonds is 11. The van der Waals surface area contributed by atoms with Crippen molar-refractivity contribution in [1.29, 1.82) is 0 Å². The smallest absolute Gasteiger partial charge is 0.335 e. The summed E-state index contributed by atoms with van der Waals surface area (Å²) in [5, 5.41) is 4.39. The molecule has 0 atom stereocenters. The number of urea groups is 2. The number of carbonyl (C=O) groups excluding carboxylic acids is 2. The van der Waals surface area contributed by atoms with E-state index in [1.54, 1.807) is 26.0 Å². The Morgan fingerprint density at radius 1 is 0.694 bits per heavy atom. The molecule has 23 heteroatoms. The zero-order valence-electron chi connectivity index (χ0n) is 26.0. The largest absolute Gasteiger partial charge is 0.491 e. The van der Waals surface area contributed by atoms with Gasteiger partial charge in [-0.3, -0.25) is 10.6 Å². The van der Waals surface area contributed by atoms with Gasteiger partial charge >= 0.3 is 24.1 Å². The third-order valence-electron chi connectivity index (χ3n) is 5.32.